The lowest BCUT2D eigenvalue weighted by Crippen LogP contribution is -2.54. The number of carbonyl (C=O) groups is 2. The lowest BCUT2D eigenvalue weighted by atomic mass is 10.1. The second-order valence-corrected chi connectivity index (χ2v) is 8.07. The molecule has 0 bridgehead atoms. The van der Waals surface area contributed by atoms with Crippen LogP contribution >= 0.6 is 11.6 Å². The number of nitrogens with one attached hydrogen (secondary N) is 1. The molecule has 0 aliphatic carbocycles. The minimum absolute atomic E-state index is 0.0263. The largest absolute Gasteiger partial charge is 0.502 e. The summed E-state index contributed by atoms with van der Waals surface area (Å²) in [4.78, 5) is 39.5. The standard InChI is InChI=1S/C23H24ClFN4O4/c1-4-7-14(5-2)11-28-13-27(3)23(33)19-21(31)20(30)16(12-29(19)28)22(32)26-10-15-8-6-9-17(24)18(15)25/h4-6,8-9,12,14,31H,1-2,7,10-11,13H2,3H3,(H,26,32)/t14-/m0/s1. The van der Waals surface area contributed by atoms with E-state index in [9.17, 15) is 23.9 Å². The van der Waals surface area contributed by atoms with E-state index in [0.717, 1.165) is 0 Å². The molecule has 1 aromatic heterocycles. The summed E-state index contributed by atoms with van der Waals surface area (Å²) < 4.78 is 15.4. The smallest absolute Gasteiger partial charge is 0.277 e. The number of benzene rings is 1. The van der Waals surface area contributed by atoms with Crippen LogP contribution in [0.1, 0.15) is 32.8 Å². The minimum atomic E-state index is -1.000. The van der Waals surface area contributed by atoms with Gasteiger partial charge in [0, 0.05) is 31.9 Å². The van der Waals surface area contributed by atoms with Gasteiger partial charge in [-0.15, -0.1) is 13.2 Å². The number of aromatic hydroxyl groups is 1. The fraction of sp³-hybridized carbons (Fsp3) is 0.261. The van der Waals surface area contributed by atoms with E-state index in [1.807, 2.05) is 0 Å². The molecule has 2 heterocycles. The molecule has 1 atom stereocenters. The number of allylic oxidation sites excluding steroid dienone is 1. The van der Waals surface area contributed by atoms with Crippen molar-refractivity contribution in [2.24, 2.45) is 5.92 Å². The summed E-state index contributed by atoms with van der Waals surface area (Å²) in [6, 6.07) is 4.36. The van der Waals surface area contributed by atoms with E-state index >= 15 is 0 Å². The number of nitrogens with zero attached hydrogens (tertiary/aromatic N) is 3. The van der Waals surface area contributed by atoms with Gasteiger partial charge in [0.1, 0.15) is 18.0 Å². The number of rotatable bonds is 8. The lowest BCUT2D eigenvalue weighted by molar-refractivity contribution is 0.0729. The van der Waals surface area contributed by atoms with Gasteiger partial charge in [-0.3, -0.25) is 24.1 Å². The first kappa shape index (κ1) is 24.1. The van der Waals surface area contributed by atoms with Crippen LogP contribution in [0.5, 0.6) is 5.75 Å². The highest BCUT2D eigenvalue weighted by Gasteiger charge is 2.33. The van der Waals surface area contributed by atoms with E-state index in [-0.39, 0.29) is 41.0 Å². The molecular formula is C23H24ClFN4O4. The molecule has 0 fully saturated rings. The van der Waals surface area contributed by atoms with Crippen molar-refractivity contribution < 1.29 is 19.1 Å². The van der Waals surface area contributed by atoms with E-state index in [1.54, 1.807) is 24.2 Å². The summed E-state index contributed by atoms with van der Waals surface area (Å²) in [6.45, 7) is 7.85. The molecule has 1 aromatic carbocycles. The topological polar surface area (TPSA) is 94.9 Å². The molecule has 0 saturated carbocycles. The monoisotopic (exact) mass is 474 g/mol. The maximum Gasteiger partial charge on any atom is 0.277 e. The molecule has 0 saturated heterocycles. The van der Waals surface area contributed by atoms with Crippen molar-refractivity contribution in [3.63, 3.8) is 0 Å². The van der Waals surface area contributed by atoms with Gasteiger partial charge in [0.2, 0.25) is 5.43 Å². The van der Waals surface area contributed by atoms with Crippen LogP contribution in [-0.2, 0) is 6.54 Å². The Kier molecular flexibility index (Phi) is 7.23. The summed E-state index contributed by atoms with van der Waals surface area (Å²) >= 11 is 5.76. The molecule has 1 aliphatic heterocycles. The highest BCUT2D eigenvalue weighted by Crippen LogP contribution is 2.22. The highest BCUT2D eigenvalue weighted by atomic mass is 35.5. The van der Waals surface area contributed by atoms with Gasteiger partial charge in [0.05, 0.1) is 5.02 Å². The zero-order chi connectivity index (χ0) is 24.3. The normalized spacial score (nSPS) is 14.0. The SMILES string of the molecule is C=CC[C@H](C=C)CN1CN(C)C(=O)c2c(O)c(=O)c(C(=O)NCc3cccc(Cl)c3F)cn21. The zero-order valence-electron chi connectivity index (χ0n) is 18.1. The molecule has 3 rings (SSSR count). The number of hydrogen-bond acceptors (Lipinski definition) is 5. The Morgan fingerprint density at radius 3 is 2.76 bits per heavy atom. The molecule has 0 radical (unpaired) electrons. The van der Waals surface area contributed by atoms with Crippen LogP contribution in [0.2, 0.25) is 5.02 Å². The summed E-state index contributed by atoms with van der Waals surface area (Å²) in [6.07, 6.45) is 5.31. The molecule has 1 aliphatic rings. The third kappa shape index (κ3) is 4.78. The van der Waals surface area contributed by atoms with Crippen molar-refractivity contribution in [3.05, 3.63) is 87.6 Å². The fourth-order valence-electron chi connectivity index (χ4n) is 3.56. The van der Waals surface area contributed by atoms with Crippen LogP contribution in [-0.4, -0.2) is 46.8 Å². The van der Waals surface area contributed by atoms with Crippen molar-refractivity contribution in [1.82, 2.24) is 14.9 Å². The quantitative estimate of drug-likeness (QED) is 0.573. The molecule has 2 N–H and O–H groups in total. The number of amides is 2. The summed E-state index contributed by atoms with van der Waals surface area (Å²) in [5.41, 5.74) is -1.50. The summed E-state index contributed by atoms with van der Waals surface area (Å²) in [7, 11) is 1.54. The van der Waals surface area contributed by atoms with Gasteiger partial charge >= 0.3 is 0 Å². The van der Waals surface area contributed by atoms with Gasteiger partial charge < -0.3 is 15.3 Å². The van der Waals surface area contributed by atoms with E-state index in [1.165, 1.54) is 34.0 Å². The Morgan fingerprint density at radius 2 is 2.09 bits per heavy atom. The second kappa shape index (κ2) is 9.91. The van der Waals surface area contributed by atoms with E-state index in [0.29, 0.717) is 13.0 Å². The average molecular weight is 475 g/mol. The molecule has 10 heteroatoms. The van der Waals surface area contributed by atoms with Crippen molar-refractivity contribution in [2.75, 3.05) is 25.3 Å². The first-order valence-electron chi connectivity index (χ1n) is 10.1. The second-order valence-electron chi connectivity index (χ2n) is 7.66. The van der Waals surface area contributed by atoms with Gasteiger partial charge in [-0.1, -0.05) is 35.9 Å². The molecule has 8 nitrogen and oxygen atoms in total. The predicted octanol–water partition coefficient (Wildman–Crippen LogP) is 2.64. The molecular weight excluding hydrogens is 451 g/mol. The molecule has 0 spiro atoms. The number of carbonyl (C=O) groups excluding carboxylic acids is 2. The number of pyridine rings is 1. The van der Waals surface area contributed by atoms with Crippen LogP contribution in [0.15, 0.2) is 54.5 Å². The molecule has 2 aromatic rings. The Labute approximate surface area is 195 Å². The van der Waals surface area contributed by atoms with Crippen LogP contribution in [0.3, 0.4) is 0 Å². The van der Waals surface area contributed by atoms with Gasteiger partial charge in [0.15, 0.2) is 11.4 Å². The number of fused-ring (bicyclic) bond motifs is 1. The fourth-order valence-corrected chi connectivity index (χ4v) is 3.76. The Morgan fingerprint density at radius 1 is 1.36 bits per heavy atom. The van der Waals surface area contributed by atoms with Crippen molar-refractivity contribution in [1.29, 1.82) is 0 Å². The number of halogens is 2. The van der Waals surface area contributed by atoms with Crippen LogP contribution in [0.25, 0.3) is 0 Å². The number of aromatic nitrogens is 1. The minimum Gasteiger partial charge on any atom is -0.502 e. The van der Waals surface area contributed by atoms with Gasteiger partial charge in [0.25, 0.3) is 11.8 Å². The van der Waals surface area contributed by atoms with Crippen molar-refractivity contribution in [2.45, 2.75) is 13.0 Å². The highest BCUT2D eigenvalue weighted by molar-refractivity contribution is 6.30. The van der Waals surface area contributed by atoms with Gasteiger partial charge in [-0.2, -0.15) is 0 Å². The first-order chi connectivity index (χ1) is 15.7. The molecule has 0 unspecified atom stereocenters. The van der Waals surface area contributed by atoms with Crippen LogP contribution in [0.4, 0.5) is 4.39 Å². The average Bonchev–Trinajstić information content (AvgIpc) is 2.79. The molecule has 33 heavy (non-hydrogen) atoms. The van der Waals surface area contributed by atoms with E-state index in [2.05, 4.69) is 18.5 Å². The maximum atomic E-state index is 14.1. The van der Waals surface area contributed by atoms with Crippen LogP contribution < -0.4 is 15.8 Å². The summed E-state index contributed by atoms with van der Waals surface area (Å²) in [5.74, 6) is -2.93. The van der Waals surface area contributed by atoms with Gasteiger partial charge in [-0.05, 0) is 18.4 Å². The third-order valence-electron chi connectivity index (χ3n) is 5.36. The number of hydrogen-bond donors (Lipinski definition) is 2. The van der Waals surface area contributed by atoms with E-state index in [4.69, 9.17) is 11.6 Å². The van der Waals surface area contributed by atoms with Crippen molar-refractivity contribution in [3.8, 4) is 5.75 Å². The molecule has 2 amide bonds. The Hall–Kier alpha value is -3.59. The first-order valence-corrected chi connectivity index (χ1v) is 10.5. The van der Waals surface area contributed by atoms with Crippen LogP contribution in [0, 0.1) is 11.7 Å². The maximum absolute atomic E-state index is 14.1. The third-order valence-corrected chi connectivity index (χ3v) is 5.65. The van der Waals surface area contributed by atoms with Gasteiger partial charge in [-0.25, -0.2) is 4.39 Å². The Bertz CT molecular complexity index is 1180. The van der Waals surface area contributed by atoms with Crippen molar-refractivity contribution >= 4 is 23.4 Å². The van der Waals surface area contributed by atoms with E-state index < -0.39 is 28.8 Å². The zero-order valence-corrected chi connectivity index (χ0v) is 18.8. The summed E-state index contributed by atoms with van der Waals surface area (Å²) in [5, 5.41) is 14.6. The Balaban J connectivity index is 1.97. The molecule has 174 valence electrons. The predicted molar refractivity (Wildman–Crippen MR) is 123 cm³/mol. The lowest BCUT2D eigenvalue weighted by Gasteiger charge is -2.39.